The lowest BCUT2D eigenvalue weighted by molar-refractivity contribution is 0.100. The van der Waals surface area contributed by atoms with Gasteiger partial charge in [-0.3, -0.25) is 14.2 Å². The number of carbonyl (C=O) groups is 1. The van der Waals surface area contributed by atoms with E-state index in [4.69, 9.17) is 11.5 Å². The highest BCUT2D eigenvalue weighted by Crippen LogP contribution is 2.29. The number of nitrogens with zero attached hydrogens (tertiary/aromatic N) is 2. The number of amides is 1. The molecule has 0 fully saturated rings. The summed E-state index contributed by atoms with van der Waals surface area (Å²) in [6.45, 7) is 3.45. The molecule has 128 valence electrons. The van der Waals surface area contributed by atoms with Gasteiger partial charge in [0, 0.05) is 10.9 Å². The molecule has 0 bridgehead atoms. The van der Waals surface area contributed by atoms with Crippen molar-refractivity contribution in [1.82, 2.24) is 9.55 Å². The Hall–Kier alpha value is -3.13. The number of anilines is 1. The van der Waals surface area contributed by atoms with Crippen molar-refractivity contribution in [2.45, 2.75) is 13.8 Å². The number of hydrogen-bond acceptors (Lipinski definition) is 6. The number of phenolic OH excluding ortho intramolecular Hbond substituents is 1. The SMILES string of the molecule is Cc1ccc(O)c(C)c1-n1c(N)c(C(N)=O)cc(-c2cscn2)c1=O. The van der Waals surface area contributed by atoms with Crippen molar-refractivity contribution in [3.05, 3.63) is 56.1 Å². The van der Waals surface area contributed by atoms with E-state index in [1.165, 1.54) is 28.0 Å². The Morgan fingerprint density at radius 2 is 2.04 bits per heavy atom. The number of primary amides is 1. The third kappa shape index (κ3) is 2.66. The van der Waals surface area contributed by atoms with Gasteiger partial charge in [0.1, 0.15) is 11.6 Å². The monoisotopic (exact) mass is 356 g/mol. The third-order valence-corrected chi connectivity index (χ3v) is 4.63. The highest BCUT2D eigenvalue weighted by atomic mass is 32.1. The second-order valence-corrected chi connectivity index (χ2v) is 6.33. The van der Waals surface area contributed by atoms with E-state index in [1.54, 1.807) is 30.8 Å². The molecular weight excluding hydrogens is 340 g/mol. The molecular formula is C17H16N4O3S. The van der Waals surface area contributed by atoms with E-state index in [-0.39, 0.29) is 22.7 Å². The van der Waals surface area contributed by atoms with Crippen molar-refractivity contribution in [3.8, 4) is 22.7 Å². The van der Waals surface area contributed by atoms with Crippen LogP contribution in [-0.4, -0.2) is 20.6 Å². The van der Waals surface area contributed by atoms with Crippen LogP contribution in [0.1, 0.15) is 21.5 Å². The van der Waals surface area contributed by atoms with Gasteiger partial charge in [-0.15, -0.1) is 11.3 Å². The normalized spacial score (nSPS) is 10.8. The Bertz CT molecular complexity index is 1040. The first-order valence-corrected chi connectivity index (χ1v) is 8.30. The van der Waals surface area contributed by atoms with E-state index in [2.05, 4.69) is 4.98 Å². The van der Waals surface area contributed by atoms with Crippen molar-refractivity contribution < 1.29 is 9.90 Å². The van der Waals surface area contributed by atoms with Gasteiger partial charge in [0.05, 0.1) is 28.0 Å². The number of carbonyl (C=O) groups excluding carboxylic acids is 1. The molecule has 0 aliphatic carbocycles. The Kier molecular flexibility index (Phi) is 4.05. The van der Waals surface area contributed by atoms with Crippen molar-refractivity contribution in [2.24, 2.45) is 5.73 Å². The van der Waals surface area contributed by atoms with Crippen molar-refractivity contribution in [1.29, 1.82) is 0 Å². The Morgan fingerprint density at radius 3 is 2.64 bits per heavy atom. The van der Waals surface area contributed by atoms with Crippen LogP contribution in [0.15, 0.2) is 33.9 Å². The zero-order valence-electron chi connectivity index (χ0n) is 13.6. The Morgan fingerprint density at radius 1 is 1.32 bits per heavy atom. The molecule has 0 saturated carbocycles. The Labute approximate surface area is 147 Å². The maximum atomic E-state index is 13.1. The van der Waals surface area contributed by atoms with Gasteiger partial charge in [0.25, 0.3) is 11.5 Å². The van der Waals surface area contributed by atoms with Gasteiger partial charge in [-0.25, -0.2) is 4.98 Å². The van der Waals surface area contributed by atoms with E-state index in [0.29, 0.717) is 16.9 Å². The fourth-order valence-corrected chi connectivity index (χ4v) is 3.30. The second kappa shape index (κ2) is 6.06. The molecule has 0 spiro atoms. The molecule has 1 aromatic carbocycles. The van der Waals surface area contributed by atoms with E-state index >= 15 is 0 Å². The average molecular weight is 356 g/mol. The van der Waals surface area contributed by atoms with Crippen LogP contribution in [0.3, 0.4) is 0 Å². The number of thiazole rings is 1. The first-order chi connectivity index (χ1) is 11.8. The maximum absolute atomic E-state index is 13.1. The standard InChI is InChI=1S/C17H16N4O3S/c1-8-3-4-13(22)9(2)14(8)21-15(18)11(16(19)23)5-10(17(21)24)12-6-25-7-20-12/h3-7,22H,18H2,1-2H3,(H2,19,23). The number of nitrogen functional groups attached to an aromatic ring is 1. The number of hydrogen-bond donors (Lipinski definition) is 3. The fraction of sp³-hybridized carbons (Fsp3) is 0.118. The quantitative estimate of drug-likeness (QED) is 0.662. The zero-order chi connectivity index (χ0) is 18.3. The van der Waals surface area contributed by atoms with Gasteiger partial charge in [-0.05, 0) is 31.5 Å². The third-order valence-electron chi connectivity index (χ3n) is 4.04. The van der Waals surface area contributed by atoms with Crippen LogP contribution in [-0.2, 0) is 0 Å². The molecule has 1 amide bonds. The number of aromatic nitrogens is 2. The lowest BCUT2D eigenvalue weighted by atomic mass is 10.1. The summed E-state index contributed by atoms with van der Waals surface area (Å²) in [5, 5.41) is 11.7. The van der Waals surface area contributed by atoms with Gasteiger partial charge < -0.3 is 16.6 Å². The van der Waals surface area contributed by atoms with Crippen molar-refractivity contribution in [3.63, 3.8) is 0 Å². The summed E-state index contributed by atoms with van der Waals surface area (Å²) in [6.07, 6.45) is 0. The summed E-state index contributed by atoms with van der Waals surface area (Å²) in [5.74, 6) is -0.807. The van der Waals surface area contributed by atoms with E-state index < -0.39 is 11.5 Å². The zero-order valence-corrected chi connectivity index (χ0v) is 14.4. The van der Waals surface area contributed by atoms with Gasteiger partial charge in [-0.1, -0.05) is 6.07 Å². The molecule has 5 N–H and O–H groups in total. The highest BCUT2D eigenvalue weighted by molar-refractivity contribution is 7.07. The number of phenols is 1. The first-order valence-electron chi connectivity index (χ1n) is 7.36. The highest BCUT2D eigenvalue weighted by Gasteiger charge is 2.21. The number of aromatic hydroxyl groups is 1. The summed E-state index contributed by atoms with van der Waals surface area (Å²) in [4.78, 5) is 29.1. The second-order valence-electron chi connectivity index (χ2n) is 5.61. The number of rotatable bonds is 3. The summed E-state index contributed by atoms with van der Waals surface area (Å²) < 4.78 is 1.21. The fourth-order valence-electron chi connectivity index (χ4n) is 2.75. The lowest BCUT2D eigenvalue weighted by Gasteiger charge is -2.18. The number of nitrogens with two attached hydrogens (primary N) is 2. The average Bonchev–Trinajstić information content (AvgIpc) is 3.08. The van der Waals surface area contributed by atoms with Gasteiger partial charge >= 0.3 is 0 Å². The van der Waals surface area contributed by atoms with Crippen LogP contribution in [0, 0.1) is 13.8 Å². The maximum Gasteiger partial charge on any atom is 0.266 e. The largest absolute Gasteiger partial charge is 0.508 e. The van der Waals surface area contributed by atoms with Crippen LogP contribution in [0.2, 0.25) is 0 Å². The predicted octanol–water partition coefficient (Wildman–Crippen LogP) is 1.96. The van der Waals surface area contributed by atoms with Crippen molar-refractivity contribution in [2.75, 3.05) is 5.73 Å². The van der Waals surface area contributed by atoms with Gasteiger partial charge in [0.15, 0.2) is 0 Å². The molecule has 0 atom stereocenters. The molecule has 0 aliphatic heterocycles. The minimum atomic E-state index is -0.752. The molecule has 3 aromatic rings. The van der Waals surface area contributed by atoms with E-state index in [9.17, 15) is 14.7 Å². The molecule has 3 rings (SSSR count). The molecule has 25 heavy (non-hydrogen) atoms. The Balaban J connectivity index is 2.48. The molecule has 0 radical (unpaired) electrons. The molecule has 2 aromatic heterocycles. The summed E-state index contributed by atoms with van der Waals surface area (Å²) >= 11 is 1.33. The van der Waals surface area contributed by atoms with Gasteiger partial charge in [-0.2, -0.15) is 0 Å². The number of pyridine rings is 1. The van der Waals surface area contributed by atoms with Crippen LogP contribution in [0.25, 0.3) is 16.9 Å². The van der Waals surface area contributed by atoms with Gasteiger partial charge in [0.2, 0.25) is 0 Å². The number of aryl methyl sites for hydroxylation is 1. The van der Waals surface area contributed by atoms with Crippen LogP contribution >= 0.6 is 11.3 Å². The number of benzene rings is 1. The molecule has 0 saturated heterocycles. The molecule has 0 unspecified atom stereocenters. The topological polar surface area (TPSA) is 124 Å². The smallest absolute Gasteiger partial charge is 0.266 e. The summed E-state index contributed by atoms with van der Waals surface area (Å²) in [6, 6.07) is 4.57. The minimum Gasteiger partial charge on any atom is -0.508 e. The summed E-state index contributed by atoms with van der Waals surface area (Å²) in [7, 11) is 0. The van der Waals surface area contributed by atoms with Crippen LogP contribution in [0.5, 0.6) is 5.75 Å². The van der Waals surface area contributed by atoms with Crippen molar-refractivity contribution >= 4 is 23.1 Å². The first kappa shape index (κ1) is 16.7. The molecule has 0 aliphatic rings. The molecule has 2 heterocycles. The van der Waals surface area contributed by atoms with Crippen LogP contribution in [0.4, 0.5) is 5.82 Å². The molecule has 8 heteroatoms. The summed E-state index contributed by atoms with van der Waals surface area (Å²) in [5.41, 5.74) is 14.9. The minimum absolute atomic E-state index is 0.0183. The van der Waals surface area contributed by atoms with Crippen LogP contribution < -0.4 is 17.0 Å². The van der Waals surface area contributed by atoms with E-state index in [0.717, 1.165) is 5.56 Å². The lowest BCUT2D eigenvalue weighted by Crippen LogP contribution is -2.28. The van der Waals surface area contributed by atoms with E-state index in [1.807, 2.05) is 0 Å². The predicted molar refractivity (Wildman–Crippen MR) is 97.2 cm³/mol. The molecule has 7 nitrogen and oxygen atoms in total.